The molecule has 1 aliphatic rings. The first-order valence-electron chi connectivity index (χ1n) is 6.93. The van der Waals surface area contributed by atoms with Crippen LogP contribution >= 0.6 is 11.3 Å². The number of carbonyl (C=O) groups is 2. The molecule has 0 atom stereocenters. The Hall–Kier alpha value is -1.56. The second-order valence-corrected chi connectivity index (χ2v) is 7.38. The third-order valence-corrected chi connectivity index (χ3v) is 4.23. The van der Waals surface area contributed by atoms with Gasteiger partial charge in [0.05, 0.1) is 7.11 Å². The Morgan fingerprint density at radius 3 is 2.57 bits per heavy atom. The highest BCUT2D eigenvalue weighted by molar-refractivity contribution is 7.13. The maximum absolute atomic E-state index is 11.8. The largest absolute Gasteiger partial charge is 0.465 e. The molecule has 0 aliphatic carbocycles. The Morgan fingerprint density at radius 1 is 1.33 bits per heavy atom. The summed E-state index contributed by atoms with van der Waals surface area (Å²) in [5.41, 5.74) is -0.453. The minimum Gasteiger partial charge on any atom is -0.465 e. The molecule has 1 aromatic rings. The van der Waals surface area contributed by atoms with Gasteiger partial charge in [-0.3, -0.25) is 0 Å². The predicted molar refractivity (Wildman–Crippen MR) is 80.7 cm³/mol. The molecule has 116 valence electrons. The highest BCUT2D eigenvalue weighted by Crippen LogP contribution is 2.26. The minimum atomic E-state index is -0.453. The molecule has 21 heavy (non-hydrogen) atoms. The Bertz CT molecular complexity index is 526. The lowest BCUT2D eigenvalue weighted by Gasteiger charge is -2.39. The third kappa shape index (κ3) is 4.20. The Balaban J connectivity index is 1.79. The molecule has 6 heteroatoms. The average Bonchev–Trinajstić information content (AvgIpc) is 2.78. The quantitative estimate of drug-likeness (QED) is 0.805. The van der Waals surface area contributed by atoms with Crippen molar-refractivity contribution in [2.75, 3.05) is 20.2 Å². The van der Waals surface area contributed by atoms with Gasteiger partial charge in [0.15, 0.2) is 0 Å². The van der Waals surface area contributed by atoms with Crippen molar-refractivity contribution in [3.05, 3.63) is 21.9 Å². The van der Waals surface area contributed by atoms with E-state index in [1.54, 1.807) is 11.0 Å². The number of nitrogens with zero attached hydrogens (tertiary/aromatic N) is 1. The molecule has 2 heterocycles. The van der Waals surface area contributed by atoms with Gasteiger partial charge in [0.25, 0.3) is 0 Å². The van der Waals surface area contributed by atoms with Crippen LogP contribution in [0.25, 0.3) is 0 Å². The first-order valence-corrected chi connectivity index (χ1v) is 7.75. The van der Waals surface area contributed by atoms with Crippen molar-refractivity contribution in [3.63, 3.8) is 0 Å². The van der Waals surface area contributed by atoms with Crippen LogP contribution in [0.3, 0.4) is 0 Å². The SMILES string of the molecule is COC(=O)c1ccc(CC2CN(C(=O)OC(C)(C)C)C2)s1. The number of hydrogen-bond acceptors (Lipinski definition) is 5. The zero-order chi connectivity index (χ0) is 15.6. The van der Waals surface area contributed by atoms with Crippen molar-refractivity contribution in [1.82, 2.24) is 4.90 Å². The van der Waals surface area contributed by atoms with Gasteiger partial charge in [-0.25, -0.2) is 9.59 Å². The Labute approximate surface area is 128 Å². The zero-order valence-electron chi connectivity index (χ0n) is 12.8. The van der Waals surface area contributed by atoms with Crippen LogP contribution in [0, 0.1) is 5.92 Å². The second kappa shape index (κ2) is 6.05. The molecule has 1 aliphatic heterocycles. The fourth-order valence-electron chi connectivity index (χ4n) is 2.16. The fourth-order valence-corrected chi connectivity index (χ4v) is 3.20. The maximum Gasteiger partial charge on any atom is 0.410 e. The van der Waals surface area contributed by atoms with Crippen molar-refractivity contribution in [2.24, 2.45) is 5.92 Å². The van der Waals surface area contributed by atoms with E-state index >= 15 is 0 Å². The maximum atomic E-state index is 11.8. The van der Waals surface area contributed by atoms with Gasteiger partial charge in [-0.15, -0.1) is 11.3 Å². The number of amides is 1. The third-order valence-electron chi connectivity index (χ3n) is 3.15. The van der Waals surface area contributed by atoms with E-state index in [-0.39, 0.29) is 12.1 Å². The number of methoxy groups -OCH3 is 1. The van der Waals surface area contributed by atoms with Crippen LogP contribution in [-0.4, -0.2) is 42.8 Å². The van der Waals surface area contributed by atoms with Gasteiger partial charge in [0.1, 0.15) is 10.5 Å². The first kappa shape index (κ1) is 15.8. The van der Waals surface area contributed by atoms with E-state index < -0.39 is 5.60 Å². The highest BCUT2D eigenvalue weighted by atomic mass is 32.1. The van der Waals surface area contributed by atoms with Gasteiger partial charge >= 0.3 is 12.1 Å². The van der Waals surface area contributed by atoms with Gasteiger partial charge in [-0.1, -0.05) is 0 Å². The summed E-state index contributed by atoms with van der Waals surface area (Å²) >= 11 is 1.45. The van der Waals surface area contributed by atoms with Crippen molar-refractivity contribution < 1.29 is 19.1 Å². The number of hydrogen-bond donors (Lipinski definition) is 0. The van der Waals surface area contributed by atoms with E-state index in [1.807, 2.05) is 26.8 Å². The summed E-state index contributed by atoms with van der Waals surface area (Å²) in [6.07, 6.45) is 0.626. The van der Waals surface area contributed by atoms with E-state index in [2.05, 4.69) is 0 Å². The van der Waals surface area contributed by atoms with Crippen molar-refractivity contribution >= 4 is 23.4 Å². The summed E-state index contributed by atoms with van der Waals surface area (Å²) in [5.74, 6) is 0.136. The van der Waals surface area contributed by atoms with Crippen LogP contribution < -0.4 is 0 Å². The molecule has 0 N–H and O–H groups in total. The number of esters is 1. The molecule has 1 fully saturated rings. The molecule has 1 amide bonds. The number of likely N-dealkylation sites (tertiary alicyclic amines) is 1. The molecule has 0 bridgehead atoms. The molecule has 0 saturated carbocycles. The molecule has 0 spiro atoms. The summed E-state index contributed by atoms with van der Waals surface area (Å²) in [6.45, 7) is 7.01. The van der Waals surface area contributed by atoms with Gasteiger partial charge in [-0.2, -0.15) is 0 Å². The normalized spacial score (nSPS) is 15.5. The second-order valence-electron chi connectivity index (χ2n) is 6.21. The Morgan fingerprint density at radius 2 is 2.00 bits per heavy atom. The molecule has 0 radical (unpaired) electrons. The van der Waals surface area contributed by atoms with E-state index in [0.717, 1.165) is 11.3 Å². The molecule has 1 saturated heterocycles. The standard InChI is InChI=1S/C15H21NO4S/c1-15(2,3)20-14(18)16-8-10(9-16)7-11-5-6-12(21-11)13(17)19-4/h5-6,10H,7-9H2,1-4H3. The number of carbonyl (C=O) groups excluding carboxylic acids is 2. The molecule has 0 aromatic carbocycles. The van der Waals surface area contributed by atoms with E-state index in [4.69, 9.17) is 9.47 Å². The lowest BCUT2D eigenvalue weighted by Crippen LogP contribution is -2.52. The lowest BCUT2D eigenvalue weighted by atomic mass is 9.96. The molecule has 2 rings (SSSR count). The summed E-state index contributed by atoms with van der Waals surface area (Å²) in [4.78, 5) is 26.7. The monoisotopic (exact) mass is 311 g/mol. The van der Waals surface area contributed by atoms with E-state index in [0.29, 0.717) is 23.9 Å². The number of ether oxygens (including phenoxy) is 2. The van der Waals surface area contributed by atoms with Crippen molar-refractivity contribution in [2.45, 2.75) is 32.8 Å². The van der Waals surface area contributed by atoms with Crippen LogP contribution in [0.5, 0.6) is 0 Å². The molecular weight excluding hydrogens is 290 g/mol. The number of thiophene rings is 1. The van der Waals surface area contributed by atoms with Crippen LogP contribution in [0.15, 0.2) is 12.1 Å². The fraction of sp³-hybridized carbons (Fsp3) is 0.600. The predicted octanol–water partition coefficient (Wildman–Crippen LogP) is 2.94. The zero-order valence-corrected chi connectivity index (χ0v) is 13.7. The summed E-state index contributed by atoms with van der Waals surface area (Å²) in [7, 11) is 1.38. The highest BCUT2D eigenvalue weighted by Gasteiger charge is 2.33. The van der Waals surface area contributed by atoms with Gasteiger partial charge in [0.2, 0.25) is 0 Å². The smallest absolute Gasteiger partial charge is 0.410 e. The Kier molecular flexibility index (Phi) is 4.56. The first-order chi connectivity index (χ1) is 9.78. The van der Waals surface area contributed by atoms with E-state index in [9.17, 15) is 9.59 Å². The lowest BCUT2D eigenvalue weighted by molar-refractivity contribution is -0.000781. The van der Waals surface area contributed by atoms with Gasteiger partial charge in [0, 0.05) is 18.0 Å². The number of rotatable bonds is 3. The van der Waals surface area contributed by atoms with Crippen LogP contribution in [0.2, 0.25) is 0 Å². The summed E-state index contributed by atoms with van der Waals surface area (Å²) in [6, 6.07) is 3.74. The van der Waals surface area contributed by atoms with E-state index in [1.165, 1.54) is 18.4 Å². The van der Waals surface area contributed by atoms with Crippen molar-refractivity contribution in [3.8, 4) is 0 Å². The minimum absolute atomic E-state index is 0.250. The van der Waals surface area contributed by atoms with Crippen molar-refractivity contribution in [1.29, 1.82) is 0 Å². The average molecular weight is 311 g/mol. The summed E-state index contributed by atoms with van der Waals surface area (Å²) < 4.78 is 10.0. The molecular formula is C15H21NO4S. The summed E-state index contributed by atoms with van der Waals surface area (Å²) in [5, 5.41) is 0. The van der Waals surface area contributed by atoms with Gasteiger partial charge in [-0.05, 0) is 45.2 Å². The topological polar surface area (TPSA) is 55.8 Å². The molecule has 0 unspecified atom stereocenters. The van der Waals surface area contributed by atoms with Crippen LogP contribution in [0.4, 0.5) is 4.79 Å². The van der Waals surface area contributed by atoms with Crippen LogP contribution in [-0.2, 0) is 15.9 Å². The van der Waals surface area contributed by atoms with Gasteiger partial charge < -0.3 is 14.4 Å². The molecule has 1 aromatic heterocycles. The van der Waals surface area contributed by atoms with Crippen LogP contribution in [0.1, 0.15) is 35.3 Å². The molecule has 5 nitrogen and oxygen atoms in total.